The van der Waals surface area contributed by atoms with E-state index >= 15 is 0 Å². The van der Waals surface area contributed by atoms with Crippen molar-refractivity contribution in [3.63, 3.8) is 0 Å². The molecule has 7 heteroatoms. The Bertz CT molecular complexity index is 976. The Labute approximate surface area is 161 Å². The summed E-state index contributed by atoms with van der Waals surface area (Å²) in [4.78, 5) is 18.8. The highest BCUT2D eigenvalue weighted by molar-refractivity contribution is 7.99. The lowest BCUT2D eigenvalue weighted by Crippen LogP contribution is -2.29. The highest BCUT2D eigenvalue weighted by Crippen LogP contribution is 2.28. The molecule has 0 radical (unpaired) electrons. The van der Waals surface area contributed by atoms with Gasteiger partial charge in [0.05, 0.1) is 0 Å². The van der Waals surface area contributed by atoms with E-state index in [4.69, 9.17) is 4.42 Å². The van der Waals surface area contributed by atoms with Gasteiger partial charge in [0.25, 0.3) is 0 Å². The zero-order chi connectivity index (χ0) is 18.6. The highest BCUT2D eigenvalue weighted by atomic mass is 32.2. The van der Waals surface area contributed by atoms with Crippen LogP contribution in [0.1, 0.15) is 29.3 Å². The van der Waals surface area contributed by atoms with Gasteiger partial charge in [-0.25, -0.2) is 4.98 Å². The number of aryl methyl sites for hydroxylation is 1. The summed E-state index contributed by atoms with van der Waals surface area (Å²) >= 11 is 1.48. The van der Waals surface area contributed by atoms with E-state index in [2.05, 4.69) is 21.2 Å². The number of hydrogen-bond donors (Lipinski definition) is 1. The third kappa shape index (κ3) is 4.14. The number of aromatic amines is 1. The smallest absolute Gasteiger partial charge is 0.227 e. The predicted molar refractivity (Wildman–Crippen MR) is 107 cm³/mol. The van der Waals surface area contributed by atoms with Crippen LogP contribution in [0.25, 0.3) is 12.2 Å². The standard InChI is InChI=1S/C20H20N4O2S/c1-14-6-7-16(26-14)8-9-18-21-20(23-22-18)27-13-11-19(25)24-12-10-15-4-2-3-5-17(15)24/h2-9H,10-13H2,1H3,(H,21,22,23). The quantitative estimate of drug-likeness (QED) is 0.656. The number of para-hydroxylation sites is 1. The molecule has 0 saturated heterocycles. The molecule has 1 aliphatic rings. The van der Waals surface area contributed by atoms with Crippen molar-refractivity contribution in [3.05, 3.63) is 59.3 Å². The number of rotatable bonds is 6. The molecule has 6 nitrogen and oxygen atoms in total. The van der Waals surface area contributed by atoms with Crippen LogP contribution in [0.15, 0.2) is 46.0 Å². The van der Waals surface area contributed by atoms with Crippen molar-refractivity contribution in [1.82, 2.24) is 15.2 Å². The van der Waals surface area contributed by atoms with Gasteiger partial charge in [0.1, 0.15) is 17.3 Å². The number of anilines is 1. The summed E-state index contributed by atoms with van der Waals surface area (Å²) in [6, 6.07) is 11.9. The number of aromatic nitrogens is 3. The molecule has 0 unspecified atom stereocenters. The number of nitrogens with zero attached hydrogens (tertiary/aromatic N) is 3. The first-order valence-electron chi connectivity index (χ1n) is 8.87. The second-order valence-electron chi connectivity index (χ2n) is 6.31. The van der Waals surface area contributed by atoms with Crippen LogP contribution < -0.4 is 4.90 Å². The van der Waals surface area contributed by atoms with Crippen LogP contribution in [0, 0.1) is 6.92 Å². The number of thioether (sulfide) groups is 1. The fourth-order valence-corrected chi connectivity index (χ4v) is 3.80. The zero-order valence-corrected chi connectivity index (χ0v) is 15.8. The van der Waals surface area contributed by atoms with Crippen molar-refractivity contribution in [2.24, 2.45) is 0 Å². The maximum Gasteiger partial charge on any atom is 0.227 e. The van der Waals surface area contributed by atoms with E-state index in [9.17, 15) is 4.79 Å². The first-order valence-corrected chi connectivity index (χ1v) is 9.85. The van der Waals surface area contributed by atoms with Crippen LogP contribution in [0.4, 0.5) is 5.69 Å². The summed E-state index contributed by atoms with van der Waals surface area (Å²) in [6.45, 7) is 2.67. The minimum Gasteiger partial charge on any atom is -0.462 e. The molecule has 2 aromatic heterocycles. The number of fused-ring (bicyclic) bond motifs is 1. The Morgan fingerprint density at radius 2 is 2.19 bits per heavy atom. The van der Waals surface area contributed by atoms with E-state index < -0.39 is 0 Å². The van der Waals surface area contributed by atoms with Crippen molar-refractivity contribution < 1.29 is 9.21 Å². The van der Waals surface area contributed by atoms with Gasteiger partial charge in [0, 0.05) is 24.4 Å². The molecule has 27 heavy (non-hydrogen) atoms. The van der Waals surface area contributed by atoms with Gasteiger partial charge in [0.15, 0.2) is 0 Å². The number of amides is 1. The SMILES string of the molecule is Cc1ccc(C=Cc2nc(SCCC(=O)N3CCc4ccccc43)n[nH]2)o1. The Kier molecular flexibility index (Phi) is 5.11. The number of nitrogens with one attached hydrogen (secondary N) is 1. The summed E-state index contributed by atoms with van der Waals surface area (Å²) < 4.78 is 5.48. The average Bonchev–Trinajstić information content (AvgIpc) is 3.39. The maximum atomic E-state index is 12.5. The van der Waals surface area contributed by atoms with Gasteiger partial charge in [-0.2, -0.15) is 0 Å². The Balaban J connectivity index is 1.28. The van der Waals surface area contributed by atoms with E-state index in [-0.39, 0.29) is 5.91 Å². The normalized spacial score (nSPS) is 13.4. The molecule has 0 fully saturated rings. The lowest BCUT2D eigenvalue weighted by Gasteiger charge is -2.16. The van der Waals surface area contributed by atoms with Crippen LogP contribution in [-0.2, 0) is 11.2 Å². The summed E-state index contributed by atoms with van der Waals surface area (Å²) in [5, 5.41) is 7.71. The molecule has 0 atom stereocenters. The Morgan fingerprint density at radius 3 is 3.04 bits per heavy atom. The molecule has 4 rings (SSSR count). The number of furan rings is 1. The summed E-state index contributed by atoms with van der Waals surface area (Å²) in [5.41, 5.74) is 2.29. The number of H-pyrrole nitrogens is 1. The van der Waals surface area contributed by atoms with Crippen molar-refractivity contribution >= 4 is 35.5 Å². The molecule has 3 aromatic rings. The number of hydrogen-bond acceptors (Lipinski definition) is 5. The van der Waals surface area contributed by atoms with E-state index in [1.807, 2.05) is 54.3 Å². The summed E-state index contributed by atoms with van der Waals surface area (Å²) in [6.07, 6.45) is 5.06. The fourth-order valence-electron chi connectivity index (χ4n) is 3.06. The minimum atomic E-state index is 0.149. The van der Waals surface area contributed by atoms with E-state index in [0.717, 1.165) is 30.2 Å². The van der Waals surface area contributed by atoms with Gasteiger partial charge in [-0.05, 0) is 49.3 Å². The zero-order valence-electron chi connectivity index (χ0n) is 15.0. The minimum absolute atomic E-state index is 0.149. The molecule has 0 saturated carbocycles. The number of benzene rings is 1. The fraction of sp³-hybridized carbons (Fsp3) is 0.250. The molecular weight excluding hydrogens is 360 g/mol. The van der Waals surface area contributed by atoms with E-state index in [0.29, 0.717) is 23.2 Å². The Morgan fingerprint density at radius 1 is 1.30 bits per heavy atom. The highest BCUT2D eigenvalue weighted by Gasteiger charge is 2.23. The largest absolute Gasteiger partial charge is 0.462 e. The van der Waals surface area contributed by atoms with Crippen LogP contribution >= 0.6 is 11.8 Å². The molecule has 1 aromatic carbocycles. The molecule has 1 amide bonds. The first-order chi connectivity index (χ1) is 13.2. The predicted octanol–water partition coefficient (Wildman–Crippen LogP) is 3.95. The van der Waals surface area contributed by atoms with Crippen molar-refractivity contribution in [2.75, 3.05) is 17.2 Å². The molecule has 0 bridgehead atoms. The van der Waals surface area contributed by atoms with Gasteiger partial charge >= 0.3 is 0 Å². The van der Waals surface area contributed by atoms with Gasteiger partial charge in [0.2, 0.25) is 11.1 Å². The Hall–Kier alpha value is -2.80. The number of carbonyl (C=O) groups excluding carboxylic acids is 1. The molecule has 0 aliphatic carbocycles. The second-order valence-corrected chi connectivity index (χ2v) is 7.37. The monoisotopic (exact) mass is 380 g/mol. The second kappa shape index (κ2) is 7.84. The van der Waals surface area contributed by atoms with Gasteiger partial charge in [-0.1, -0.05) is 30.0 Å². The van der Waals surface area contributed by atoms with Gasteiger partial charge in [-0.3, -0.25) is 9.89 Å². The van der Waals surface area contributed by atoms with Crippen LogP contribution in [0.2, 0.25) is 0 Å². The van der Waals surface area contributed by atoms with Crippen LogP contribution in [0.3, 0.4) is 0 Å². The molecule has 138 valence electrons. The lowest BCUT2D eigenvalue weighted by molar-refractivity contribution is -0.118. The lowest BCUT2D eigenvalue weighted by atomic mass is 10.2. The molecule has 0 spiro atoms. The van der Waals surface area contributed by atoms with Crippen LogP contribution in [-0.4, -0.2) is 33.4 Å². The van der Waals surface area contributed by atoms with Crippen molar-refractivity contribution in [2.45, 2.75) is 24.9 Å². The van der Waals surface area contributed by atoms with Crippen molar-refractivity contribution in [3.8, 4) is 0 Å². The maximum absolute atomic E-state index is 12.5. The molecular formula is C20H20N4O2S. The van der Waals surface area contributed by atoms with Gasteiger partial charge < -0.3 is 9.32 Å². The molecule has 1 N–H and O–H groups in total. The van der Waals surface area contributed by atoms with E-state index in [1.165, 1.54) is 17.3 Å². The van der Waals surface area contributed by atoms with Crippen molar-refractivity contribution in [1.29, 1.82) is 0 Å². The molecule has 1 aliphatic heterocycles. The summed E-state index contributed by atoms with van der Waals surface area (Å²) in [5.74, 6) is 3.10. The topological polar surface area (TPSA) is 75.0 Å². The average molecular weight is 380 g/mol. The summed E-state index contributed by atoms with van der Waals surface area (Å²) in [7, 11) is 0. The first kappa shape index (κ1) is 17.6. The van der Waals surface area contributed by atoms with E-state index in [1.54, 1.807) is 0 Å². The van der Waals surface area contributed by atoms with Crippen LogP contribution in [0.5, 0.6) is 0 Å². The third-order valence-corrected chi connectivity index (χ3v) is 5.23. The van der Waals surface area contributed by atoms with Gasteiger partial charge in [-0.15, -0.1) is 5.10 Å². The molecule has 3 heterocycles. The number of carbonyl (C=O) groups is 1. The third-order valence-electron chi connectivity index (χ3n) is 4.38.